The smallest absolute Gasteiger partial charge is 0.253 e. The molecule has 1 amide bonds. The minimum Gasteiger partial charge on any atom is -0.504 e. The molecule has 23 heavy (non-hydrogen) atoms. The van der Waals surface area contributed by atoms with E-state index in [-0.39, 0.29) is 5.75 Å². The second-order valence-electron chi connectivity index (χ2n) is 5.00. The van der Waals surface area contributed by atoms with Gasteiger partial charge in [0.1, 0.15) is 5.82 Å². The van der Waals surface area contributed by atoms with E-state index in [4.69, 9.17) is 4.74 Å². The zero-order valence-corrected chi connectivity index (χ0v) is 12.6. The summed E-state index contributed by atoms with van der Waals surface area (Å²) in [4.78, 5) is 11.9. The molecular formula is C17H18FNO4. The lowest BCUT2D eigenvalue weighted by Gasteiger charge is -2.12. The van der Waals surface area contributed by atoms with Crippen LogP contribution in [0.5, 0.6) is 11.5 Å². The van der Waals surface area contributed by atoms with Crippen molar-refractivity contribution >= 4 is 5.91 Å². The summed E-state index contributed by atoms with van der Waals surface area (Å²) in [5.74, 6) is -0.572. The van der Waals surface area contributed by atoms with Crippen molar-refractivity contribution in [2.24, 2.45) is 0 Å². The van der Waals surface area contributed by atoms with Crippen LogP contribution in [-0.4, -0.2) is 29.8 Å². The molecule has 0 aromatic heterocycles. The molecule has 0 aliphatic rings. The number of aromatic hydroxyl groups is 1. The molecule has 1 atom stereocenters. The lowest BCUT2D eigenvalue weighted by Crippen LogP contribution is -2.30. The number of ether oxygens (including phenoxy) is 1. The summed E-state index contributed by atoms with van der Waals surface area (Å²) >= 11 is 0. The molecule has 0 aliphatic heterocycles. The molecule has 122 valence electrons. The van der Waals surface area contributed by atoms with Crippen LogP contribution in [0.4, 0.5) is 4.39 Å². The Morgan fingerprint density at radius 3 is 2.61 bits per heavy atom. The highest BCUT2D eigenvalue weighted by Gasteiger charge is 2.16. The van der Waals surface area contributed by atoms with Crippen molar-refractivity contribution in [3.63, 3.8) is 0 Å². The summed E-state index contributed by atoms with van der Waals surface area (Å²) < 4.78 is 17.8. The lowest BCUT2D eigenvalue weighted by atomic mass is 10.1. The number of hydrogen-bond acceptors (Lipinski definition) is 4. The molecule has 0 saturated heterocycles. The number of aliphatic hydroxyl groups is 1. The number of halogens is 1. The molecule has 5 nitrogen and oxygen atoms in total. The number of carbonyl (C=O) groups excluding carboxylic acids is 1. The highest BCUT2D eigenvalue weighted by atomic mass is 19.1. The van der Waals surface area contributed by atoms with Crippen molar-refractivity contribution < 1.29 is 24.1 Å². The Morgan fingerprint density at radius 1 is 1.26 bits per heavy atom. The number of benzene rings is 2. The molecular weight excluding hydrogens is 301 g/mol. The van der Waals surface area contributed by atoms with Gasteiger partial charge >= 0.3 is 0 Å². The first-order valence-corrected chi connectivity index (χ1v) is 7.08. The fourth-order valence-electron chi connectivity index (χ4n) is 2.10. The van der Waals surface area contributed by atoms with E-state index >= 15 is 0 Å². The van der Waals surface area contributed by atoms with Crippen molar-refractivity contribution in [1.29, 1.82) is 0 Å². The van der Waals surface area contributed by atoms with Gasteiger partial charge in [-0.15, -0.1) is 0 Å². The SMILES string of the molecule is COc1cc(CCNC(=O)C(O)c2ccc(F)cc2)ccc1O. The molecule has 2 aromatic carbocycles. The fourth-order valence-corrected chi connectivity index (χ4v) is 2.10. The predicted octanol–water partition coefficient (Wildman–Crippen LogP) is 1.93. The van der Waals surface area contributed by atoms with Crippen molar-refractivity contribution in [1.82, 2.24) is 5.32 Å². The van der Waals surface area contributed by atoms with Gasteiger partial charge in [0.15, 0.2) is 17.6 Å². The van der Waals surface area contributed by atoms with E-state index < -0.39 is 17.8 Å². The van der Waals surface area contributed by atoms with Gasteiger partial charge in [-0.1, -0.05) is 18.2 Å². The first kappa shape index (κ1) is 16.8. The van der Waals surface area contributed by atoms with Crippen LogP contribution in [0.15, 0.2) is 42.5 Å². The maximum atomic E-state index is 12.8. The Bertz CT molecular complexity index is 673. The summed E-state index contributed by atoms with van der Waals surface area (Å²) in [5.41, 5.74) is 1.20. The molecule has 0 bridgehead atoms. The van der Waals surface area contributed by atoms with Crippen molar-refractivity contribution in [2.75, 3.05) is 13.7 Å². The highest BCUT2D eigenvalue weighted by molar-refractivity contribution is 5.81. The Hall–Kier alpha value is -2.60. The molecule has 0 aliphatic carbocycles. The lowest BCUT2D eigenvalue weighted by molar-refractivity contribution is -0.129. The monoisotopic (exact) mass is 319 g/mol. The molecule has 6 heteroatoms. The Kier molecular flexibility index (Phi) is 5.54. The molecule has 0 radical (unpaired) electrons. The van der Waals surface area contributed by atoms with Gasteiger partial charge in [0.05, 0.1) is 7.11 Å². The normalized spacial score (nSPS) is 11.8. The average Bonchev–Trinajstić information content (AvgIpc) is 2.56. The summed E-state index contributed by atoms with van der Waals surface area (Å²) in [6, 6.07) is 10.0. The molecule has 3 N–H and O–H groups in total. The van der Waals surface area contributed by atoms with Crippen LogP contribution in [0, 0.1) is 5.82 Å². The molecule has 0 heterocycles. The number of rotatable bonds is 6. The van der Waals surface area contributed by atoms with Gasteiger partial charge in [0.2, 0.25) is 0 Å². The topological polar surface area (TPSA) is 78.8 Å². The summed E-state index contributed by atoms with van der Waals surface area (Å²) in [6.07, 6.45) is -0.830. The van der Waals surface area contributed by atoms with E-state index in [1.165, 1.54) is 37.4 Å². The number of nitrogens with one attached hydrogen (secondary N) is 1. The summed E-state index contributed by atoms with van der Waals surface area (Å²) in [5, 5.41) is 22.0. The maximum absolute atomic E-state index is 12.8. The van der Waals surface area contributed by atoms with Crippen LogP contribution in [0.3, 0.4) is 0 Å². The van der Waals surface area contributed by atoms with Gasteiger partial charge in [0.25, 0.3) is 5.91 Å². The van der Waals surface area contributed by atoms with Crippen LogP contribution in [-0.2, 0) is 11.2 Å². The summed E-state index contributed by atoms with van der Waals surface area (Å²) in [6.45, 7) is 0.311. The minimum atomic E-state index is -1.34. The van der Waals surface area contributed by atoms with E-state index in [0.29, 0.717) is 24.3 Å². The number of carbonyl (C=O) groups is 1. The zero-order valence-electron chi connectivity index (χ0n) is 12.6. The number of methoxy groups -OCH3 is 1. The van der Waals surface area contributed by atoms with Gasteiger partial charge in [0, 0.05) is 6.54 Å². The standard InChI is InChI=1S/C17H18FNO4/c1-23-15-10-11(2-7-14(15)20)8-9-19-17(22)16(21)12-3-5-13(18)6-4-12/h2-7,10,16,20-21H,8-9H2,1H3,(H,19,22). The first-order valence-electron chi connectivity index (χ1n) is 7.08. The second kappa shape index (κ2) is 7.60. The van der Waals surface area contributed by atoms with Crippen LogP contribution >= 0.6 is 0 Å². The van der Waals surface area contributed by atoms with Gasteiger partial charge in [-0.3, -0.25) is 4.79 Å². The minimum absolute atomic E-state index is 0.0482. The van der Waals surface area contributed by atoms with E-state index in [2.05, 4.69) is 5.32 Å². The Balaban J connectivity index is 1.88. The largest absolute Gasteiger partial charge is 0.504 e. The third-order valence-electron chi connectivity index (χ3n) is 3.39. The number of amides is 1. The van der Waals surface area contributed by atoms with Crippen LogP contribution < -0.4 is 10.1 Å². The summed E-state index contributed by atoms with van der Waals surface area (Å²) in [7, 11) is 1.46. The molecule has 0 spiro atoms. The number of phenols is 1. The fraction of sp³-hybridized carbons (Fsp3) is 0.235. The van der Waals surface area contributed by atoms with E-state index in [1.807, 2.05) is 0 Å². The predicted molar refractivity (Wildman–Crippen MR) is 82.7 cm³/mol. The second-order valence-corrected chi connectivity index (χ2v) is 5.00. The molecule has 0 fully saturated rings. The number of phenolic OH excluding ortho intramolecular Hbond substituents is 1. The molecule has 2 rings (SSSR count). The van der Waals surface area contributed by atoms with Crippen molar-refractivity contribution in [3.05, 3.63) is 59.4 Å². The average molecular weight is 319 g/mol. The van der Waals surface area contributed by atoms with Crippen LogP contribution in [0.1, 0.15) is 17.2 Å². The molecule has 1 unspecified atom stereocenters. The number of aliphatic hydroxyl groups excluding tert-OH is 1. The van der Waals surface area contributed by atoms with Crippen LogP contribution in [0.2, 0.25) is 0 Å². The third-order valence-corrected chi connectivity index (χ3v) is 3.39. The maximum Gasteiger partial charge on any atom is 0.253 e. The van der Waals surface area contributed by atoms with Gasteiger partial charge < -0.3 is 20.3 Å². The van der Waals surface area contributed by atoms with Crippen molar-refractivity contribution in [2.45, 2.75) is 12.5 Å². The highest BCUT2D eigenvalue weighted by Crippen LogP contribution is 2.26. The number of hydrogen-bond donors (Lipinski definition) is 3. The van der Waals surface area contributed by atoms with E-state index in [1.54, 1.807) is 12.1 Å². The third kappa shape index (κ3) is 4.43. The van der Waals surface area contributed by atoms with Gasteiger partial charge in [-0.05, 0) is 41.8 Å². The van der Waals surface area contributed by atoms with Crippen molar-refractivity contribution in [3.8, 4) is 11.5 Å². The molecule has 0 saturated carbocycles. The quantitative estimate of drug-likeness (QED) is 0.760. The Morgan fingerprint density at radius 2 is 1.96 bits per heavy atom. The first-order chi connectivity index (χ1) is 11.0. The van der Waals surface area contributed by atoms with Crippen LogP contribution in [0.25, 0.3) is 0 Å². The van der Waals surface area contributed by atoms with Gasteiger partial charge in [-0.2, -0.15) is 0 Å². The van der Waals surface area contributed by atoms with Gasteiger partial charge in [-0.25, -0.2) is 4.39 Å². The van der Waals surface area contributed by atoms with E-state index in [9.17, 15) is 19.4 Å². The zero-order chi connectivity index (χ0) is 16.8. The Labute approximate surface area is 133 Å². The van der Waals surface area contributed by atoms with E-state index in [0.717, 1.165) is 5.56 Å². The molecule has 2 aromatic rings.